The number of aryl methyl sites for hydroxylation is 3. The highest BCUT2D eigenvalue weighted by Gasteiger charge is 2.17. The van der Waals surface area contributed by atoms with Gasteiger partial charge in [-0.15, -0.1) is 0 Å². The van der Waals surface area contributed by atoms with Gasteiger partial charge in [0.2, 0.25) is 0 Å². The third kappa shape index (κ3) is 3.24. The van der Waals surface area contributed by atoms with Crippen molar-refractivity contribution in [1.29, 1.82) is 0 Å². The summed E-state index contributed by atoms with van der Waals surface area (Å²) in [6.07, 6.45) is 0. The van der Waals surface area contributed by atoms with Crippen molar-refractivity contribution in [2.75, 3.05) is 14.2 Å². The van der Waals surface area contributed by atoms with E-state index in [0.717, 1.165) is 11.5 Å². The van der Waals surface area contributed by atoms with Crippen molar-refractivity contribution in [2.45, 2.75) is 25.6 Å². The summed E-state index contributed by atoms with van der Waals surface area (Å²) < 4.78 is 10.8. The molecule has 0 saturated heterocycles. The van der Waals surface area contributed by atoms with Gasteiger partial charge in [0.05, 0.1) is 19.0 Å². The summed E-state index contributed by atoms with van der Waals surface area (Å²) >= 11 is 3.82. The minimum Gasteiger partial charge on any atom is -0.493 e. The second-order valence-corrected chi connectivity index (χ2v) is 6.19. The number of benzene rings is 2. The first-order chi connectivity index (χ1) is 9.97. The van der Waals surface area contributed by atoms with Gasteiger partial charge < -0.3 is 9.47 Å². The Labute approximate surface area is 135 Å². The van der Waals surface area contributed by atoms with Gasteiger partial charge in [0.25, 0.3) is 0 Å². The monoisotopic (exact) mass is 348 g/mol. The van der Waals surface area contributed by atoms with Crippen LogP contribution in [0.25, 0.3) is 0 Å². The molecule has 21 heavy (non-hydrogen) atoms. The third-order valence-electron chi connectivity index (χ3n) is 3.87. The highest BCUT2D eigenvalue weighted by atomic mass is 79.9. The van der Waals surface area contributed by atoms with E-state index in [-0.39, 0.29) is 4.83 Å². The van der Waals surface area contributed by atoms with E-state index in [4.69, 9.17) is 9.47 Å². The number of rotatable bonds is 4. The van der Waals surface area contributed by atoms with Crippen molar-refractivity contribution >= 4 is 15.9 Å². The van der Waals surface area contributed by atoms with Crippen molar-refractivity contribution in [3.63, 3.8) is 0 Å². The molecule has 2 aromatic carbocycles. The summed E-state index contributed by atoms with van der Waals surface area (Å²) in [5.41, 5.74) is 6.22. The summed E-state index contributed by atoms with van der Waals surface area (Å²) in [7, 11) is 3.32. The first kappa shape index (κ1) is 15.9. The largest absolute Gasteiger partial charge is 0.493 e. The Morgan fingerprint density at radius 3 is 2.00 bits per heavy atom. The molecular weight excluding hydrogens is 328 g/mol. The lowest BCUT2D eigenvalue weighted by Gasteiger charge is -2.18. The fraction of sp³-hybridized carbons (Fsp3) is 0.333. The maximum atomic E-state index is 5.41. The molecular formula is C18H21BrO2. The van der Waals surface area contributed by atoms with E-state index in [1.165, 1.54) is 27.8 Å². The van der Waals surface area contributed by atoms with Crippen LogP contribution in [0, 0.1) is 20.8 Å². The van der Waals surface area contributed by atoms with E-state index in [0.29, 0.717) is 0 Å². The molecule has 0 fully saturated rings. The average molecular weight is 349 g/mol. The second-order valence-electron chi connectivity index (χ2n) is 5.27. The molecule has 0 aliphatic heterocycles. The minimum absolute atomic E-state index is 0.136. The molecule has 2 aromatic rings. The molecule has 3 heteroatoms. The lowest BCUT2D eigenvalue weighted by atomic mass is 9.97. The van der Waals surface area contributed by atoms with Crippen molar-refractivity contribution in [1.82, 2.24) is 0 Å². The Morgan fingerprint density at radius 2 is 1.43 bits per heavy atom. The number of methoxy groups -OCH3 is 2. The van der Waals surface area contributed by atoms with Gasteiger partial charge in [-0.3, -0.25) is 0 Å². The zero-order valence-electron chi connectivity index (χ0n) is 13.2. The SMILES string of the molecule is COc1cc(C)c(C(Br)c2ccc(C)c(C)c2)cc1OC. The van der Waals surface area contributed by atoms with Gasteiger partial charge >= 0.3 is 0 Å². The van der Waals surface area contributed by atoms with Gasteiger partial charge in [-0.05, 0) is 60.7 Å². The zero-order valence-corrected chi connectivity index (χ0v) is 14.7. The zero-order chi connectivity index (χ0) is 15.6. The smallest absolute Gasteiger partial charge is 0.161 e. The molecule has 0 aromatic heterocycles. The number of halogens is 1. The summed E-state index contributed by atoms with van der Waals surface area (Å²) in [6.45, 7) is 6.36. The van der Waals surface area contributed by atoms with Gasteiger partial charge in [0.15, 0.2) is 11.5 Å². The minimum atomic E-state index is 0.136. The van der Waals surface area contributed by atoms with Crippen LogP contribution in [0.3, 0.4) is 0 Å². The molecule has 112 valence electrons. The molecule has 0 bridgehead atoms. The molecule has 0 spiro atoms. The Kier molecular flexibility index (Phi) is 4.94. The van der Waals surface area contributed by atoms with Crippen LogP contribution < -0.4 is 9.47 Å². The van der Waals surface area contributed by atoms with Crippen LogP contribution in [0.15, 0.2) is 30.3 Å². The number of alkyl halides is 1. The van der Waals surface area contributed by atoms with Crippen molar-refractivity contribution in [3.8, 4) is 11.5 Å². The van der Waals surface area contributed by atoms with E-state index in [1.807, 2.05) is 12.1 Å². The molecule has 0 aliphatic carbocycles. The summed E-state index contributed by atoms with van der Waals surface area (Å²) in [6, 6.07) is 10.6. The molecule has 1 atom stereocenters. The van der Waals surface area contributed by atoms with Gasteiger partial charge in [-0.25, -0.2) is 0 Å². The predicted octanol–water partition coefficient (Wildman–Crippen LogP) is 5.11. The molecule has 1 unspecified atom stereocenters. The number of ether oxygens (including phenoxy) is 2. The standard InChI is InChI=1S/C18H21BrO2/c1-11-6-7-14(8-12(11)2)18(19)15-10-17(21-5)16(20-4)9-13(15)3/h6-10,18H,1-5H3. The lowest BCUT2D eigenvalue weighted by Crippen LogP contribution is -2.00. The third-order valence-corrected chi connectivity index (χ3v) is 4.89. The van der Waals surface area contributed by atoms with Gasteiger partial charge in [-0.2, -0.15) is 0 Å². The Bertz CT molecular complexity index is 650. The fourth-order valence-corrected chi connectivity index (χ4v) is 3.15. The van der Waals surface area contributed by atoms with Crippen LogP contribution >= 0.6 is 15.9 Å². The van der Waals surface area contributed by atoms with Crippen LogP contribution in [0.1, 0.15) is 32.6 Å². The highest BCUT2D eigenvalue weighted by molar-refractivity contribution is 9.09. The van der Waals surface area contributed by atoms with Crippen LogP contribution in [0.5, 0.6) is 11.5 Å². The number of hydrogen-bond donors (Lipinski definition) is 0. The maximum Gasteiger partial charge on any atom is 0.161 e. The van der Waals surface area contributed by atoms with Gasteiger partial charge in [0.1, 0.15) is 0 Å². The Morgan fingerprint density at radius 1 is 0.810 bits per heavy atom. The molecule has 0 amide bonds. The van der Waals surface area contributed by atoms with Crippen LogP contribution in [0.2, 0.25) is 0 Å². The summed E-state index contributed by atoms with van der Waals surface area (Å²) in [5, 5.41) is 0. The second kappa shape index (κ2) is 6.52. The lowest BCUT2D eigenvalue weighted by molar-refractivity contribution is 0.354. The Balaban J connectivity index is 2.47. The maximum absolute atomic E-state index is 5.41. The molecule has 0 aliphatic rings. The van der Waals surface area contributed by atoms with Crippen LogP contribution in [0.4, 0.5) is 0 Å². The first-order valence-corrected chi connectivity index (χ1v) is 7.83. The highest BCUT2D eigenvalue weighted by Crippen LogP contribution is 2.39. The number of hydrogen-bond acceptors (Lipinski definition) is 2. The van der Waals surface area contributed by atoms with E-state index in [1.54, 1.807) is 14.2 Å². The molecule has 0 radical (unpaired) electrons. The average Bonchev–Trinajstić information content (AvgIpc) is 2.49. The van der Waals surface area contributed by atoms with Crippen LogP contribution in [-0.2, 0) is 0 Å². The molecule has 0 saturated carbocycles. The fourth-order valence-electron chi connectivity index (χ4n) is 2.37. The topological polar surface area (TPSA) is 18.5 Å². The molecule has 0 heterocycles. The Hall–Kier alpha value is -1.48. The summed E-state index contributed by atoms with van der Waals surface area (Å²) in [5.74, 6) is 1.52. The quantitative estimate of drug-likeness (QED) is 0.714. The van der Waals surface area contributed by atoms with Crippen LogP contribution in [-0.4, -0.2) is 14.2 Å². The van der Waals surface area contributed by atoms with E-state index < -0.39 is 0 Å². The van der Waals surface area contributed by atoms with Crippen molar-refractivity contribution < 1.29 is 9.47 Å². The summed E-state index contributed by atoms with van der Waals surface area (Å²) in [4.78, 5) is 0.136. The van der Waals surface area contributed by atoms with E-state index in [2.05, 4.69) is 54.9 Å². The first-order valence-electron chi connectivity index (χ1n) is 6.91. The van der Waals surface area contributed by atoms with Crippen molar-refractivity contribution in [2.24, 2.45) is 0 Å². The van der Waals surface area contributed by atoms with Gasteiger partial charge in [0, 0.05) is 0 Å². The van der Waals surface area contributed by atoms with Gasteiger partial charge in [-0.1, -0.05) is 34.1 Å². The molecule has 0 N–H and O–H groups in total. The van der Waals surface area contributed by atoms with E-state index in [9.17, 15) is 0 Å². The van der Waals surface area contributed by atoms with Crippen molar-refractivity contribution in [3.05, 3.63) is 58.1 Å². The van der Waals surface area contributed by atoms with E-state index >= 15 is 0 Å². The normalized spacial score (nSPS) is 12.1. The molecule has 2 rings (SSSR count). The molecule has 2 nitrogen and oxygen atoms in total. The predicted molar refractivity (Wildman–Crippen MR) is 91.0 cm³/mol.